The number of carbonyl (C=O) groups excluding carboxylic acids is 3. The van der Waals surface area contributed by atoms with E-state index in [4.69, 9.17) is 0 Å². The van der Waals surface area contributed by atoms with E-state index < -0.39 is 39.8 Å². The van der Waals surface area contributed by atoms with Crippen molar-refractivity contribution in [2.24, 2.45) is 0 Å². The fourth-order valence-corrected chi connectivity index (χ4v) is 3.99. The molecule has 0 saturated carbocycles. The average Bonchev–Trinajstić information content (AvgIpc) is 2.86. The number of amides is 4. The molecule has 2 aromatic rings. The van der Waals surface area contributed by atoms with Gasteiger partial charge in [0.15, 0.2) is 9.84 Å². The maximum atomic E-state index is 12.9. The van der Waals surface area contributed by atoms with Crippen molar-refractivity contribution in [1.82, 2.24) is 10.2 Å². The van der Waals surface area contributed by atoms with Gasteiger partial charge in [0.1, 0.15) is 12.1 Å². The van der Waals surface area contributed by atoms with Gasteiger partial charge in [-0.05, 0) is 31.5 Å². The number of para-hydroxylation sites is 1. The topological polar surface area (TPSA) is 113 Å². The number of urea groups is 1. The Bertz CT molecular complexity index is 1100. The van der Waals surface area contributed by atoms with Crippen molar-refractivity contribution >= 4 is 33.4 Å². The zero-order valence-electron chi connectivity index (χ0n) is 16.2. The number of imide groups is 1. The number of anilines is 1. The van der Waals surface area contributed by atoms with Gasteiger partial charge in [-0.25, -0.2) is 13.2 Å². The van der Waals surface area contributed by atoms with Crippen LogP contribution in [0.3, 0.4) is 0 Å². The molecule has 0 unspecified atom stereocenters. The second-order valence-electron chi connectivity index (χ2n) is 7.13. The minimum atomic E-state index is -3.56. The molecule has 1 aliphatic rings. The molecule has 1 fully saturated rings. The number of sulfone groups is 1. The Morgan fingerprint density at radius 3 is 2.34 bits per heavy atom. The maximum Gasteiger partial charge on any atom is 0.325 e. The highest BCUT2D eigenvalue weighted by Crippen LogP contribution is 2.29. The van der Waals surface area contributed by atoms with E-state index in [1.54, 1.807) is 25.1 Å². The molecule has 29 heavy (non-hydrogen) atoms. The fourth-order valence-electron chi connectivity index (χ4n) is 3.15. The first kappa shape index (κ1) is 20.5. The molecule has 8 nitrogen and oxygen atoms in total. The number of benzene rings is 2. The monoisotopic (exact) mass is 415 g/mol. The van der Waals surface area contributed by atoms with Crippen molar-refractivity contribution in [3.05, 3.63) is 59.7 Å². The van der Waals surface area contributed by atoms with Crippen LogP contribution < -0.4 is 10.6 Å². The number of nitrogens with zero attached hydrogens (tertiary/aromatic N) is 1. The third kappa shape index (κ3) is 4.00. The van der Waals surface area contributed by atoms with Crippen LogP contribution in [-0.4, -0.2) is 44.0 Å². The first-order chi connectivity index (χ1) is 13.5. The minimum Gasteiger partial charge on any atom is -0.323 e. The van der Waals surface area contributed by atoms with Crippen molar-refractivity contribution in [3.8, 4) is 0 Å². The van der Waals surface area contributed by atoms with Gasteiger partial charge in [-0.15, -0.1) is 0 Å². The molecule has 1 saturated heterocycles. The van der Waals surface area contributed by atoms with Crippen molar-refractivity contribution in [2.75, 3.05) is 18.1 Å². The van der Waals surface area contributed by atoms with Gasteiger partial charge in [0.25, 0.3) is 5.91 Å². The van der Waals surface area contributed by atoms with Crippen molar-refractivity contribution in [2.45, 2.75) is 24.3 Å². The summed E-state index contributed by atoms with van der Waals surface area (Å²) in [5.74, 6) is -1.24. The molecule has 0 aromatic heterocycles. The minimum absolute atomic E-state index is 0.0463. The van der Waals surface area contributed by atoms with E-state index in [9.17, 15) is 22.8 Å². The molecule has 1 heterocycles. The number of aryl methyl sites for hydroxylation is 1. The molecule has 0 aliphatic carbocycles. The summed E-state index contributed by atoms with van der Waals surface area (Å²) in [5.41, 5.74) is 0.422. The van der Waals surface area contributed by atoms with Gasteiger partial charge < -0.3 is 10.6 Å². The summed E-state index contributed by atoms with van der Waals surface area (Å²) in [5, 5.41) is 5.10. The molecule has 1 atom stereocenters. The zero-order valence-corrected chi connectivity index (χ0v) is 17.0. The number of hydrogen-bond acceptors (Lipinski definition) is 5. The van der Waals surface area contributed by atoms with Crippen LogP contribution in [0.15, 0.2) is 53.4 Å². The molecular formula is C20H21N3O5S. The fraction of sp³-hybridized carbons (Fsp3) is 0.250. The summed E-state index contributed by atoms with van der Waals surface area (Å²) in [4.78, 5) is 38.5. The number of hydrogen-bond donors (Lipinski definition) is 2. The molecule has 152 valence electrons. The van der Waals surface area contributed by atoms with Gasteiger partial charge in [-0.2, -0.15) is 0 Å². The Kier molecular flexibility index (Phi) is 5.18. The lowest BCUT2D eigenvalue weighted by Gasteiger charge is -2.22. The lowest BCUT2D eigenvalue weighted by molar-refractivity contribution is -0.133. The summed E-state index contributed by atoms with van der Waals surface area (Å²) >= 11 is 0. The first-order valence-corrected chi connectivity index (χ1v) is 10.7. The Hall–Kier alpha value is -3.20. The normalized spacial score (nSPS) is 19.2. The van der Waals surface area contributed by atoms with Crippen LogP contribution in [0, 0.1) is 6.92 Å². The molecule has 1 aliphatic heterocycles. The third-order valence-electron chi connectivity index (χ3n) is 4.77. The lowest BCUT2D eigenvalue weighted by atomic mass is 9.91. The van der Waals surface area contributed by atoms with Gasteiger partial charge in [0.2, 0.25) is 5.91 Å². The summed E-state index contributed by atoms with van der Waals surface area (Å²) in [6.07, 6.45) is 1.03. The van der Waals surface area contributed by atoms with E-state index >= 15 is 0 Å². The van der Waals surface area contributed by atoms with E-state index in [-0.39, 0.29) is 10.6 Å². The van der Waals surface area contributed by atoms with Crippen LogP contribution in [0.1, 0.15) is 18.1 Å². The van der Waals surface area contributed by atoms with E-state index in [1.165, 1.54) is 18.2 Å². The molecule has 0 bridgehead atoms. The van der Waals surface area contributed by atoms with Gasteiger partial charge >= 0.3 is 6.03 Å². The first-order valence-electron chi connectivity index (χ1n) is 8.82. The van der Waals surface area contributed by atoms with Crippen LogP contribution in [0.5, 0.6) is 0 Å². The highest BCUT2D eigenvalue weighted by Gasteiger charge is 2.49. The van der Waals surface area contributed by atoms with Crippen molar-refractivity contribution in [1.29, 1.82) is 0 Å². The Morgan fingerprint density at radius 1 is 1.10 bits per heavy atom. The van der Waals surface area contributed by atoms with Gasteiger partial charge in [-0.3, -0.25) is 14.5 Å². The van der Waals surface area contributed by atoms with Crippen LogP contribution in [-0.2, 0) is 25.0 Å². The third-order valence-corrected chi connectivity index (χ3v) is 5.92. The molecule has 9 heteroatoms. The van der Waals surface area contributed by atoms with Crippen molar-refractivity contribution < 1.29 is 22.8 Å². The summed E-state index contributed by atoms with van der Waals surface area (Å²) in [6, 6.07) is 12.4. The Morgan fingerprint density at radius 2 is 1.72 bits per heavy atom. The van der Waals surface area contributed by atoms with E-state index in [0.29, 0.717) is 5.56 Å². The molecule has 2 aromatic carbocycles. The molecule has 0 spiro atoms. The number of rotatable bonds is 5. The van der Waals surface area contributed by atoms with Gasteiger partial charge in [-0.1, -0.05) is 42.0 Å². The average molecular weight is 415 g/mol. The number of carbonyl (C=O) groups is 3. The van der Waals surface area contributed by atoms with E-state index in [0.717, 1.165) is 16.7 Å². The quantitative estimate of drug-likeness (QED) is 0.723. The van der Waals surface area contributed by atoms with Crippen LogP contribution in [0.25, 0.3) is 0 Å². The summed E-state index contributed by atoms with van der Waals surface area (Å²) in [7, 11) is -3.56. The molecule has 2 N–H and O–H groups in total. The summed E-state index contributed by atoms with van der Waals surface area (Å²) in [6.45, 7) is 2.95. The largest absolute Gasteiger partial charge is 0.325 e. The zero-order chi connectivity index (χ0) is 21.4. The van der Waals surface area contributed by atoms with Gasteiger partial charge in [0.05, 0.1) is 10.6 Å². The van der Waals surface area contributed by atoms with Gasteiger partial charge in [0, 0.05) is 6.26 Å². The van der Waals surface area contributed by atoms with E-state index in [2.05, 4.69) is 10.6 Å². The van der Waals surface area contributed by atoms with E-state index in [1.807, 2.05) is 19.1 Å². The van der Waals surface area contributed by atoms with Crippen LogP contribution in [0.2, 0.25) is 0 Å². The molecular weight excluding hydrogens is 394 g/mol. The van der Waals surface area contributed by atoms with Crippen LogP contribution in [0.4, 0.5) is 10.5 Å². The smallest absolute Gasteiger partial charge is 0.323 e. The molecule has 4 amide bonds. The SMILES string of the molecule is Cc1ccc([C@@]2(C)NC(=O)N(CC(=O)Nc3ccccc3S(C)(=O)=O)C2=O)cc1. The highest BCUT2D eigenvalue weighted by molar-refractivity contribution is 7.90. The molecule has 0 radical (unpaired) electrons. The standard InChI is InChI=1S/C20H21N3O5S/c1-13-8-10-14(11-9-13)20(2)18(25)23(19(26)22-20)12-17(24)21-15-6-4-5-7-16(15)29(3,27)28/h4-11H,12H2,1-3H3,(H,21,24)(H,22,26)/t20-/m1/s1. The Labute approximate surface area is 168 Å². The summed E-state index contributed by atoms with van der Waals surface area (Å²) < 4.78 is 23.7. The van der Waals surface area contributed by atoms with Crippen molar-refractivity contribution in [3.63, 3.8) is 0 Å². The highest BCUT2D eigenvalue weighted by atomic mass is 32.2. The lowest BCUT2D eigenvalue weighted by Crippen LogP contribution is -2.42. The second-order valence-corrected chi connectivity index (χ2v) is 9.11. The second kappa shape index (κ2) is 7.32. The molecule has 3 rings (SSSR count). The number of nitrogens with one attached hydrogen (secondary N) is 2. The predicted octanol–water partition coefficient (Wildman–Crippen LogP) is 1.80. The van der Waals surface area contributed by atoms with Crippen LogP contribution >= 0.6 is 0 Å². The maximum absolute atomic E-state index is 12.9. The predicted molar refractivity (Wildman–Crippen MR) is 107 cm³/mol. The Balaban J connectivity index is 1.79.